The zero-order valence-electron chi connectivity index (χ0n) is 7.29. The molecule has 0 radical (unpaired) electrons. The van der Waals surface area contributed by atoms with Crippen LogP contribution in [0.3, 0.4) is 0 Å². The van der Waals surface area contributed by atoms with Gasteiger partial charge in [0.1, 0.15) is 0 Å². The first-order valence-electron chi connectivity index (χ1n) is 4.14. The maximum Gasteiger partial charge on any atom is 0.490 e. The van der Waals surface area contributed by atoms with Crippen LogP contribution in [0.25, 0.3) is 6.08 Å². The predicted molar refractivity (Wildman–Crippen MR) is 53.7 cm³/mol. The van der Waals surface area contributed by atoms with Gasteiger partial charge in [-0.2, -0.15) is 0 Å². The van der Waals surface area contributed by atoms with Crippen molar-refractivity contribution in [2.24, 2.45) is 5.16 Å². The van der Waals surface area contributed by atoms with Gasteiger partial charge in [-0.3, -0.25) is 0 Å². The second-order valence-corrected chi connectivity index (χ2v) is 2.88. The highest BCUT2D eigenvalue weighted by molar-refractivity contribution is 6.58. The topological polar surface area (TPSA) is 62.0 Å². The summed E-state index contributed by atoms with van der Waals surface area (Å²) < 4.78 is 0. The Morgan fingerprint density at radius 3 is 2.79 bits per heavy atom. The lowest BCUT2D eigenvalue weighted by molar-refractivity contribution is 0.344. The second-order valence-electron chi connectivity index (χ2n) is 2.88. The quantitative estimate of drug-likeness (QED) is 0.630. The van der Waals surface area contributed by atoms with E-state index >= 15 is 0 Å². The Morgan fingerprint density at radius 1 is 1.21 bits per heavy atom. The maximum absolute atomic E-state index is 8.97. The maximum atomic E-state index is 8.97. The number of hydrogen-bond donors (Lipinski definition) is 2. The molecule has 4 nitrogen and oxygen atoms in total. The molecule has 70 valence electrons. The number of hydrogen-bond acceptors (Lipinski definition) is 4. The highest BCUT2D eigenvalue weighted by Gasteiger charge is 2.16. The smallest absolute Gasteiger partial charge is 0.423 e. The molecule has 1 aliphatic heterocycles. The lowest BCUT2D eigenvalue weighted by atomic mass is 9.79. The highest BCUT2D eigenvalue weighted by atomic mass is 16.6. The number of allylic oxidation sites excluding steroid dienone is 1. The molecule has 0 saturated heterocycles. The van der Waals surface area contributed by atoms with E-state index in [-0.39, 0.29) is 0 Å². The molecule has 1 aromatic carbocycles. The molecule has 0 atom stereocenters. The second kappa shape index (κ2) is 3.65. The Hall–Kier alpha value is -1.59. The Balaban J connectivity index is 2.46. The summed E-state index contributed by atoms with van der Waals surface area (Å²) in [7, 11) is -1.53. The Morgan fingerprint density at radius 2 is 2.00 bits per heavy atom. The van der Waals surface area contributed by atoms with Crippen molar-refractivity contribution in [1.29, 1.82) is 0 Å². The zero-order valence-corrected chi connectivity index (χ0v) is 7.29. The summed E-state index contributed by atoms with van der Waals surface area (Å²) in [5.41, 5.74) is 1.07. The summed E-state index contributed by atoms with van der Waals surface area (Å²) in [4.78, 5) is 5.02. The molecule has 2 N–H and O–H groups in total. The van der Waals surface area contributed by atoms with E-state index in [1.165, 1.54) is 6.21 Å². The van der Waals surface area contributed by atoms with Crippen LogP contribution in [-0.2, 0) is 0 Å². The van der Waals surface area contributed by atoms with Gasteiger partial charge in [-0.15, -0.1) is 0 Å². The van der Waals surface area contributed by atoms with Crippen LogP contribution in [0.1, 0.15) is 5.56 Å². The monoisotopic (exact) mass is 189 g/mol. The fourth-order valence-corrected chi connectivity index (χ4v) is 1.18. The van der Waals surface area contributed by atoms with E-state index in [0.29, 0.717) is 11.2 Å². The van der Waals surface area contributed by atoms with Gasteiger partial charge < -0.3 is 14.9 Å². The first kappa shape index (κ1) is 8.99. The Bertz CT molecular complexity index is 401. The van der Waals surface area contributed by atoms with E-state index in [2.05, 4.69) is 5.16 Å². The zero-order chi connectivity index (χ0) is 9.97. The first-order valence-corrected chi connectivity index (χ1v) is 4.14. The largest absolute Gasteiger partial charge is 0.490 e. The molecule has 0 amide bonds. The van der Waals surface area contributed by atoms with Crippen LogP contribution in [0.15, 0.2) is 34.9 Å². The van der Waals surface area contributed by atoms with Crippen molar-refractivity contribution in [2.75, 3.05) is 0 Å². The lowest BCUT2D eigenvalue weighted by Crippen LogP contribution is -2.15. The van der Waals surface area contributed by atoms with Crippen molar-refractivity contribution in [3.05, 3.63) is 35.3 Å². The molecular formula is C9H8BNO3. The normalized spacial score (nSPS) is 13.7. The molecule has 14 heavy (non-hydrogen) atoms. The first-order chi connectivity index (χ1) is 6.77. The van der Waals surface area contributed by atoms with Crippen LogP contribution < -0.4 is 4.84 Å². The van der Waals surface area contributed by atoms with Crippen molar-refractivity contribution in [2.45, 2.75) is 0 Å². The van der Waals surface area contributed by atoms with Crippen molar-refractivity contribution < 1.29 is 14.9 Å². The third kappa shape index (κ3) is 1.68. The summed E-state index contributed by atoms with van der Waals surface area (Å²) in [5.74, 6) is 0.597. The Labute approximate surface area is 81.3 Å². The van der Waals surface area contributed by atoms with Crippen molar-refractivity contribution in [3.63, 3.8) is 0 Å². The number of para-hydroxylation sites is 1. The predicted octanol–water partition coefficient (Wildman–Crippen LogP) is 0.460. The van der Waals surface area contributed by atoms with Crippen molar-refractivity contribution >= 4 is 19.4 Å². The van der Waals surface area contributed by atoms with E-state index in [9.17, 15) is 0 Å². The van der Waals surface area contributed by atoms with Crippen LogP contribution in [-0.4, -0.2) is 23.4 Å². The summed E-state index contributed by atoms with van der Waals surface area (Å²) in [6.07, 6.45) is 2.90. The molecule has 0 aromatic heterocycles. The SMILES string of the molecule is OB(O)C1=Cc2ccccc2ON=C1. The number of nitrogens with zero attached hydrogens (tertiary/aromatic N) is 1. The minimum absolute atomic E-state index is 0.301. The fraction of sp³-hybridized carbons (Fsp3) is 0. The highest BCUT2D eigenvalue weighted by Crippen LogP contribution is 2.22. The van der Waals surface area contributed by atoms with Crippen LogP contribution in [0.2, 0.25) is 0 Å². The van der Waals surface area contributed by atoms with Crippen molar-refractivity contribution in [1.82, 2.24) is 0 Å². The summed E-state index contributed by atoms with van der Waals surface area (Å²) >= 11 is 0. The Kier molecular flexibility index (Phi) is 2.34. The third-order valence-electron chi connectivity index (χ3n) is 1.89. The van der Waals surface area contributed by atoms with Crippen LogP contribution in [0, 0.1) is 0 Å². The minimum Gasteiger partial charge on any atom is -0.423 e. The standard InChI is InChI=1S/C9H8BNO3/c12-10(13)8-5-7-3-1-2-4-9(7)14-11-6-8/h1-6,12-13H. The average molecular weight is 189 g/mol. The van der Waals surface area contributed by atoms with E-state index in [1.54, 1.807) is 12.1 Å². The summed E-state index contributed by atoms with van der Waals surface area (Å²) in [5, 5.41) is 21.5. The van der Waals surface area contributed by atoms with Crippen LogP contribution in [0.5, 0.6) is 5.75 Å². The van der Waals surface area contributed by atoms with Gasteiger partial charge in [0.05, 0.1) is 6.21 Å². The molecule has 0 saturated carbocycles. The summed E-state index contributed by atoms with van der Waals surface area (Å²) in [6.45, 7) is 0. The minimum atomic E-state index is -1.53. The van der Waals surface area contributed by atoms with Gasteiger partial charge in [-0.05, 0) is 12.1 Å². The number of benzene rings is 1. The fourth-order valence-electron chi connectivity index (χ4n) is 1.18. The number of fused-ring (bicyclic) bond motifs is 1. The molecular weight excluding hydrogens is 181 g/mol. The van der Waals surface area contributed by atoms with Gasteiger partial charge in [-0.25, -0.2) is 0 Å². The lowest BCUT2D eigenvalue weighted by Gasteiger charge is -1.99. The molecule has 1 heterocycles. The van der Waals surface area contributed by atoms with Gasteiger partial charge in [-0.1, -0.05) is 23.4 Å². The molecule has 0 bridgehead atoms. The molecule has 1 aliphatic rings. The molecule has 0 unspecified atom stereocenters. The van der Waals surface area contributed by atoms with Crippen molar-refractivity contribution in [3.8, 4) is 5.75 Å². The van der Waals surface area contributed by atoms with Gasteiger partial charge in [0.2, 0.25) is 0 Å². The van der Waals surface area contributed by atoms with E-state index in [4.69, 9.17) is 14.9 Å². The van der Waals surface area contributed by atoms with E-state index in [0.717, 1.165) is 5.56 Å². The molecule has 5 heteroatoms. The van der Waals surface area contributed by atoms with Gasteiger partial charge >= 0.3 is 7.12 Å². The molecule has 2 rings (SSSR count). The van der Waals surface area contributed by atoms with Crippen LogP contribution in [0.4, 0.5) is 0 Å². The van der Waals surface area contributed by atoms with Gasteiger partial charge in [0.15, 0.2) is 5.75 Å². The molecule has 0 fully saturated rings. The third-order valence-corrected chi connectivity index (χ3v) is 1.89. The van der Waals surface area contributed by atoms with E-state index < -0.39 is 7.12 Å². The number of rotatable bonds is 1. The van der Waals surface area contributed by atoms with Gasteiger partial charge in [0.25, 0.3) is 0 Å². The molecule has 0 aliphatic carbocycles. The number of oxime groups is 1. The average Bonchev–Trinajstić information content (AvgIpc) is 2.39. The van der Waals surface area contributed by atoms with Crippen LogP contribution >= 0.6 is 0 Å². The molecule has 0 spiro atoms. The van der Waals surface area contributed by atoms with Gasteiger partial charge in [0, 0.05) is 11.0 Å². The summed E-state index contributed by atoms with van der Waals surface area (Å²) in [6, 6.07) is 7.23. The molecule has 1 aromatic rings. The van der Waals surface area contributed by atoms with E-state index in [1.807, 2.05) is 18.2 Å².